The van der Waals surface area contributed by atoms with Crippen LogP contribution in [0.4, 0.5) is 4.39 Å². The molecule has 0 saturated heterocycles. The lowest BCUT2D eigenvalue weighted by molar-refractivity contribution is -0.124. The molecular formula is C14H20FNO3. The van der Waals surface area contributed by atoms with Gasteiger partial charge in [0, 0.05) is 17.2 Å². The third-order valence-electron chi connectivity index (χ3n) is 2.30. The van der Waals surface area contributed by atoms with Crippen LogP contribution >= 0.6 is 0 Å². The van der Waals surface area contributed by atoms with Crippen LogP contribution in [-0.4, -0.2) is 23.2 Å². The fraction of sp³-hybridized carbons (Fsp3) is 0.500. The molecule has 19 heavy (non-hydrogen) atoms. The monoisotopic (exact) mass is 269 g/mol. The highest BCUT2D eigenvalue weighted by atomic mass is 19.1. The molecule has 0 heterocycles. The summed E-state index contributed by atoms with van der Waals surface area (Å²) in [6, 6.07) is 3.84. The molecule has 0 spiro atoms. The van der Waals surface area contributed by atoms with Gasteiger partial charge in [-0.15, -0.1) is 0 Å². The Morgan fingerprint density at radius 1 is 1.47 bits per heavy atom. The average molecular weight is 269 g/mol. The number of nitrogens with one attached hydrogen (secondary N) is 1. The number of carbonyl (C=O) groups is 1. The molecule has 1 atom stereocenters. The molecule has 5 heteroatoms. The summed E-state index contributed by atoms with van der Waals surface area (Å²) >= 11 is 0. The Morgan fingerprint density at radius 3 is 2.63 bits per heavy atom. The van der Waals surface area contributed by atoms with Crippen molar-refractivity contribution < 1.29 is 19.0 Å². The summed E-state index contributed by atoms with van der Waals surface area (Å²) in [5.41, 5.74) is 0.0973. The first-order valence-electron chi connectivity index (χ1n) is 6.10. The molecular weight excluding hydrogens is 249 g/mol. The highest BCUT2D eigenvalue weighted by molar-refractivity contribution is 5.78. The summed E-state index contributed by atoms with van der Waals surface area (Å²) in [5.74, 6) is -0.594. The zero-order valence-corrected chi connectivity index (χ0v) is 11.7. The molecule has 0 aliphatic heterocycles. The van der Waals surface area contributed by atoms with E-state index < -0.39 is 11.9 Å². The molecule has 1 aromatic rings. The lowest BCUT2D eigenvalue weighted by Crippen LogP contribution is -2.43. The van der Waals surface area contributed by atoms with Gasteiger partial charge in [0.15, 0.2) is 6.61 Å². The summed E-state index contributed by atoms with van der Waals surface area (Å²) in [6.07, 6.45) is -0.790. The van der Waals surface area contributed by atoms with Crippen molar-refractivity contribution in [3.63, 3.8) is 0 Å². The summed E-state index contributed by atoms with van der Waals surface area (Å²) in [5, 5.41) is 12.3. The van der Waals surface area contributed by atoms with E-state index in [1.165, 1.54) is 12.1 Å². The molecule has 4 nitrogen and oxygen atoms in total. The Balaban J connectivity index is 2.72. The lowest BCUT2D eigenvalue weighted by Gasteiger charge is -2.21. The molecule has 0 fully saturated rings. The SMILES string of the molecule is C[C@H](O)c1ccc(F)cc1OCC(=O)NC(C)(C)C. The van der Waals surface area contributed by atoms with Gasteiger partial charge in [0.05, 0.1) is 6.10 Å². The van der Waals surface area contributed by atoms with Crippen molar-refractivity contribution in [3.05, 3.63) is 29.6 Å². The first-order valence-corrected chi connectivity index (χ1v) is 6.10. The normalized spacial score (nSPS) is 12.9. The second-order valence-electron chi connectivity index (χ2n) is 5.44. The number of hydrogen-bond acceptors (Lipinski definition) is 3. The van der Waals surface area contributed by atoms with Crippen LogP contribution in [0.3, 0.4) is 0 Å². The molecule has 0 unspecified atom stereocenters. The number of benzene rings is 1. The standard InChI is InChI=1S/C14H20FNO3/c1-9(17)11-6-5-10(15)7-12(11)19-8-13(18)16-14(2,3)4/h5-7,9,17H,8H2,1-4H3,(H,16,18)/t9-/m0/s1. The Kier molecular flexibility index (Phi) is 4.89. The van der Waals surface area contributed by atoms with Crippen LogP contribution in [-0.2, 0) is 4.79 Å². The minimum atomic E-state index is -0.790. The van der Waals surface area contributed by atoms with Crippen LogP contribution in [0.25, 0.3) is 0 Å². The maximum atomic E-state index is 13.1. The molecule has 0 aliphatic rings. The number of aliphatic hydroxyl groups excluding tert-OH is 1. The van der Waals surface area contributed by atoms with E-state index in [0.717, 1.165) is 6.07 Å². The molecule has 0 aromatic heterocycles. The first-order chi connectivity index (χ1) is 8.69. The Labute approximate surface area is 112 Å². The smallest absolute Gasteiger partial charge is 0.258 e. The minimum absolute atomic E-state index is 0.180. The van der Waals surface area contributed by atoms with Gasteiger partial charge in [-0.25, -0.2) is 4.39 Å². The van der Waals surface area contributed by atoms with Crippen LogP contribution in [0, 0.1) is 5.82 Å². The van der Waals surface area contributed by atoms with Crippen molar-refractivity contribution in [1.29, 1.82) is 0 Å². The third kappa shape index (κ3) is 5.26. The summed E-state index contributed by atoms with van der Waals surface area (Å²) in [7, 11) is 0. The quantitative estimate of drug-likeness (QED) is 0.880. The Bertz CT molecular complexity index is 452. The molecule has 2 N–H and O–H groups in total. The number of aliphatic hydroxyl groups is 1. The van der Waals surface area contributed by atoms with E-state index in [0.29, 0.717) is 5.56 Å². The summed E-state index contributed by atoms with van der Waals surface area (Å²) < 4.78 is 18.4. The fourth-order valence-corrected chi connectivity index (χ4v) is 1.58. The van der Waals surface area contributed by atoms with Crippen molar-refractivity contribution in [3.8, 4) is 5.75 Å². The first kappa shape index (κ1) is 15.4. The van der Waals surface area contributed by atoms with Gasteiger partial charge in [-0.2, -0.15) is 0 Å². The highest BCUT2D eigenvalue weighted by Gasteiger charge is 2.16. The number of carbonyl (C=O) groups excluding carboxylic acids is 1. The predicted octanol–water partition coefficient (Wildman–Crippen LogP) is 2.17. The topological polar surface area (TPSA) is 58.6 Å². The van der Waals surface area contributed by atoms with Crippen LogP contribution in [0.15, 0.2) is 18.2 Å². The van der Waals surface area contributed by atoms with Gasteiger partial charge in [-0.1, -0.05) is 0 Å². The van der Waals surface area contributed by atoms with Crippen LogP contribution in [0.1, 0.15) is 39.4 Å². The number of rotatable bonds is 4. The predicted molar refractivity (Wildman–Crippen MR) is 70.4 cm³/mol. The van der Waals surface area contributed by atoms with Crippen molar-refractivity contribution in [1.82, 2.24) is 5.32 Å². The van der Waals surface area contributed by atoms with Crippen LogP contribution in [0.2, 0.25) is 0 Å². The number of halogens is 1. The van der Waals surface area contributed by atoms with Gasteiger partial charge in [0.2, 0.25) is 0 Å². The highest BCUT2D eigenvalue weighted by Crippen LogP contribution is 2.25. The van der Waals surface area contributed by atoms with Gasteiger partial charge in [-0.3, -0.25) is 4.79 Å². The van der Waals surface area contributed by atoms with E-state index in [4.69, 9.17) is 4.74 Å². The summed E-state index contributed by atoms with van der Waals surface area (Å²) in [4.78, 5) is 11.6. The average Bonchev–Trinajstić information content (AvgIpc) is 2.23. The molecule has 0 radical (unpaired) electrons. The van der Waals surface area contributed by atoms with E-state index in [9.17, 15) is 14.3 Å². The lowest BCUT2D eigenvalue weighted by atomic mass is 10.1. The van der Waals surface area contributed by atoms with E-state index in [1.54, 1.807) is 6.92 Å². The zero-order valence-electron chi connectivity index (χ0n) is 11.7. The maximum absolute atomic E-state index is 13.1. The molecule has 1 rings (SSSR count). The molecule has 1 amide bonds. The van der Waals surface area contributed by atoms with Crippen LogP contribution in [0.5, 0.6) is 5.75 Å². The Hall–Kier alpha value is -1.62. The zero-order chi connectivity index (χ0) is 14.6. The number of hydrogen-bond donors (Lipinski definition) is 2. The van der Waals surface area contributed by atoms with E-state index >= 15 is 0 Å². The van der Waals surface area contributed by atoms with E-state index in [2.05, 4.69) is 5.32 Å². The van der Waals surface area contributed by atoms with Gasteiger partial charge >= 0.3 is 0 Å². The van der Waals surface area contributed by atoms with Crippen molar-refractivity contribution in [2.24, 2.45) is 0 Å². The summed E-state index contributed by atoms with van der Waals surface area (Å²) in [6.45, 7) is 6.90. The van der Waals surface area contributed by atoms with Crippen LogP contribution < -0.4 is 10.1 Å². The molecule has 1 aromatic carbocycles. The fourth-order valence-electron chi connectivity index (χ4n) is 1.58. The van der Waals surface area contributed by atoms with Gasteiger partial charge < -0.3 is 15.2 Å². The van der Waals surface area contributed by atoms with Crippen molar-refractivity contribution in [2.45, 2.75) is 39.3 Å². The van der Waals surface area contributed by atoms with E-state index in [-0.39, 0.29) is 23.8 Å². The van der Waals surface area contributed by atoms with Crippen molar-refractivity contribution >= 4 is 5.91 Å². The third-order valence-corrected chi connectivity index (χ3v) is 2.30. The van der Waals surface area contributed by atoms with Crippen molar-refractivity contribution in [2.75, 3.05) is 6.61 Å². The molecule has 0 aliphatic carbocycles. The molecule has 106 valence electrons. The second-order valence-corrected chi connectivity index (χ2v) is 5.44. The van der Waals surface area contributed by atoms with E-state index in [1.807, 2.05) is 20.8 Å². The Morgan fingerprint density at radius 2 is 2.11 bits per heavy atom. The minimum Gasteiger partial charge on any atom is -0.483 e. The van der Waals surface area contributed by atoms with Gasteiger partial charge in [0.1, 0.15) is 11.6 Å². The molecule has 0 bridgehead atoms. The van der Waals surface area contributed by atoms with Gasteiger partial charge in [0.25, 0.3) is 5.91 Å². The maximum Gasteiger partial charge on any atom is 0.258 e. The number of ether oxygens (including phenoxy) is 1. The molecule has 0 saturated carbocycles. The largest absolute Gasteiger partial charge is 0.483 e. The second kappa shape index (κ2) is 6.02. The number of amides is 1. The van der Waals surface area contributed by atoms with Gasteiger partial charge in [-0.05, 0) is 39.8 Å².